The Hall–Kier alpha value is -2.48. The van der Waals surface area contributed by atoms with Gasteiger partial charge in [0.15, 0.2) is 4.96 Å². The summed E-state index contributed by atoms with van der Waals surface area (Å²) in [5.74, 6) is -0.0730. The summed E-state index contributed by atoms with van der Waals surface area (Å²) in [7, 11) is 1.81. The molecule has 0 spiro atoms. The fourth-order valence-electron chi connectivity index (χ4n) is 3.20. The number of hydrogen-bond acceptors (Lipinski definition) is 5. The Morgan fingerprint density at radius 2 is 2.07 bits per heavy atom. The summed E-state index contributed by atoms with van der Waals surface area (Å²) < 4.78 is 3.25. The van der Waals surface area contributed by atoms with Crippen LogP contribution in [0.1, 0.15) is 43.3 Å². The largest absolute Gasteiger partial charge is 0.356 e. The minimum absolute atomic E-state index is 0.0730. The monoisotopic (exact) mass is 387 g/mol. The lowest BCUT2D eigenvalue weighted by Crippen LogP contribution is -2.28. The fraction of sp³-hybridized carbons (Fsp3) is 0.474. The Balaban J connectivity index is 1.95. The van der Waals surface area contributed by atoms with Crippen LogP contribution >= 0.6 is 11.3 Å². The van der Waals surface area contributed by atoms with Gasteiger partial charge in [-0.2, -0.15) is 5.10 Å². The van der Waals surface area contributed by atoms with Crippen LogP contribution in [-0.4, -0.2) is 31.6 Å². The molecular weight excluding hydrogens is 362 g/mol. The molecule has 0 saturated heterocycles. The average molecular weight is 388 g/mol. The zero-order valence-electron chi connectivity index (χ0n) is 16.2. The number of nitrogens with one attached hydrogen (secondary N) is 1. The second kappa shape index (κ2) is 8.04. The molecule has 1 amide bonds. The summed E-state index contributed by atoms with van der Waals surface area (Å²) in [5, 5.41) is 9.10. The standard InChI is InChI=1S/C19H25N5O2S/c1-5-6-7-8-20-16(25)10-14-11-27-19-21-13(3)17(18(26)24(14)19)15-9-12(2)22-23(15)4/h9,11H,5-8,10H2,1-4H3,(H,20,25). The molecule has 8 heteroatoms. The smallest absolute Gasteiger partial charge is 0.268 e. The van der Waals surface area contributed by atoms with E-state index < -0.39 is 0 Å². The van der Waals surface area contributed by atoms with Crippen LogP contribution in [0.3, 0.4) is 0 Å². The normalized spacial score (nSPS) is 11.3. The number of fused-ring (bicyclic) bond motifs is 1. The number of nitrogens with zero attached hydrogens (tertiary/aromatic N) is 4. The van der Waals surface area contributed by atoms with Crippen molar-refractivity contribution in [3.63, 3.8) is 0 Å². The first-order valence-electron chi connectivity index (χ1n) is 9.19. The van der Waals surface area contributed by atoms with Gasteiger partial charge in [-0.1, -0.05) is 19.8 Å². The topological polar surface area (TPSA) is 81.3 Å². The third-order valence-corrected chi connectivity index (χ3v) is 5.40. The molecule has 3 heterocycles. The second-order valence-corrected chi connectivity index (χ2v) is 7.59. The minimum Gasteiger partial charge on any atom is -0.356 e. The van der Waals surface area contributed by atoms with Crippen molar-refractivity contribution in [1.82, 2.24) is 24.5 Å². The number of aryl methyl sites for hydroxylation is 3. The second-order valence-electron chi connectivity index (χ2n) is 6.75. The molecule has 0 radical (unpaired) electrons. The van der Waals surface area contributed by atoms with E-state index in [2.05, 4.69) is 22.3 Å². The van der Waals surface area contributed by atoms with Crippen LogP contribution in [0.5, 0.6) is 0 Å². The molecule has 144 valence electrons. The Kier molecular flexibility index (Phi) is 5.74. The van der Waals surface area contributed by atoms with Gasteiger partial charge in [0, 0.05) is 24.7 Å². The lowest BCUT2D eigenvalue weighted by Gasteiger charge is -2.08. The molecule has 27 heavy (non-hydrogen) atoms. The number of unbranched alkanes of at least 4 members (excludes halogenated alkanes) is 2. The summed E-state index contributed by atoms with van der Waals surface area (Å²) in [6, 6.07) is 1.88. The lowest BCUT2D eigenvalue weighted by molar-refractivity contribution is -0.120. The van der Waals surface area contributed by atoms with Gasteiger partial charge in [-0.3, -0.25) is 18.7 Å². The molecule has 1 N–H and O–H groups in total. The van der Waals surface area contributed by atoms with E-state index in [-0.39, 0.29) is 17.9 Å². The van der Waals surface area contributed by atoms with E-state index in [9.17, 15) is 9.59 Å². The number of aromatic nitrogens is 4. The first-order valence-corrected chi connectivity index (χ1v) is 10.1. The van der Waals surface area contributed by atoms with Gasteiger partial charge >= 0.3 is 0 Å². The summed E-state index contributed by atoms with van der Waals surface area (Å²) in [6.45, 7) is 6.52. The molecule has 3 rings (SSSR count). The van der Waals surface area contributed by atoms with Crippen LogP contribution in [-0.2, 0) is 18.3 Å². The van der Waals surface area contributed by atoms with E-state index in [1.807, 2.05) is 32.3 Å². The van der Waals surface area contributed by atoms with Gasteiger partial charge in [0.2, 0.25) is 5.91 Å². The van der Waals surface area contributed by atoms with E-state index >= 15 is 0 Å². The highest BCUT2D eigenvalue weighted by molar-refractivity contribution is 7.15. The minimum atomic E-state index is -0.157. The quantitative estimate of drug-likeness (QED) is 0.632. The van der Waals surface area contributed by atoms with Gasteiger partial charge in [-0.05, 0) is 26.3 Å². The van der Waals surface area contributed by atoms with Gasteiger partial charge in [0.05, 0.1) is 29.1 Å². The van der Waals surface area contributed by atoms with Crippen LogP contribution in [0, 0.1) is 13.8 Å². The van der Waals surface area contributed by atoms with Gasteiger partial charge in [-0.15, -0.1) is 11.3 Å². The van der Waals surface area contributed by atoms with Crippen molar-refractivity contribution in [2.75, 3.05) is 6.54 Å². The molecule has 0 aliphatic rings. The molecule has 7 nitrogen and oxygen atoms in total. The highest BCUT2D eigenvalue weighted by Crippen LogP contribution is 2.22. The molecule has 0 aromatic carbocycles. The van der Waals surface area contributed by atoms with Crippen molar-refractivity contribution < 1.29 is 4.79 Å². The molecule has 0 atom stereocenters. The van der Waals surface area contributed by atoms with Crippen molar-refractivity contribution in [2.45, 2.75) is 46.5 Å². The maximum Gasteiger partial charge on any atom is 0.268 e. The predicted octanol–water partition coefficient (Wildman–Crippen LogP) is 2.62. The third kappa shape index (κ3) is 3.95. The molecule has 0 saturated carbocycles. The number of hydrogen-bond donors (Lipinski definition) is 1. The van der Waals surface area contributed by atoms with Gasteiger partial charge in [-0.25, -0.2) is 4.98 Å². The Morgan fingerprint density at radius 1 is 1.30 bits per heavy atom. The maximum atomic E-state index is 13.2. The first-order chi connectivity index (χ1) is 12.9. The lowest BCUT2D eigenvalue weighted by atomic mass is 10.1. The molecule has 0 unspecified atom stereocenters. The summed E-state index contributed by atoms with van der Waals surface area (Å²) >= 11 is 1.38. The van der Waals surface area contributed by atoms with Crippen molar-refractivity contribution in [2.24, 2.45) is 7.05 Å². The third-order valence-electron chi connectivity index (χ3n) is 4.52. The molecule has 0 aliphatic carbocycles. The van der Waals surface area contributed by atoms with Crippen molar-refractivity contribution >= 4 is 22.2 Å². The Morgan fingerprint density at radius 3 is 2.74 bits per heavy atom. The molecule has 3 aromatic heterocycles. The van der Waals surface area contributed by atoms with Gasteiger partial charge < -0.3 is 5.32 Å². The zero-order chi connectivity index (χ0) is 19.6. The summed E-state index contributed by atoms with van der Waals surface area (Å²) in [4.78, 5) is 30.7. The number of thiazole rings is 1. The maximum absolute atomic E-state index is 13.2. The van der Waals surface area contributed by atoms with E-state index in [0.717, 1.165) is 30.7 Å². The van der Waals surface area contributed by atoms with Crippen LogP contribution < -0.4 is 10.9 Å². The van der Waals surface area contributed by atoms with Crippen LogP contribution in [0.2, 0.25) is 0 Å². The van der Waals surface area contributed by atoms with E-state index in [4.69, 9.17) is 0 Å². The van der Waals surface area contributed by atoms with Gasteiger partial charge in [0.25, 0.3) is 5.56 Å². The van der Waals surface area contributed by atoms with Gasteiger partial charge in [0.1, 0.15) is 0 Å². The van der Waals surface area contributed by atoms with Crippen LogP contribution in [0.15, 0.2) is 16.2 Å². The summed E-state index contributed by atoms with van der Waals surface area (Å²) in [6.07, 6.45) is 3.34. The highest BCUT2D eigenvalue weighted by atomic mass is 32.1. The average Bonchev–Trinajstić information content (AvgIpc) is 3.14. The number of carbonyl (C=O) groups is 1. The fourth-order valence-corrected chi connectivity index (χ4v) is 4.12. The molecule has 0 bridgehead atoms. The van der Waals surface area contributed by atoms with Crippen molar-refractivity contribution in [3.8, 4) is 11.3 Å². The van der Waals surface area contributed by atoms with Crippen molar-refractivity contribution in [1.29, 1.82) is 0 Å². The summed E-state index contributed by atoms with van der Waals surface area (Å²) in [5.41, 5.74) is 3.28. The molecular formula is C19H25N5O2S. The number of amides is 1. The first kappa shape index (κ1) is 19.3. The molecule has 3 aromatic rings. The predicted molar refractivity (Wildman–Crippen MR) is 107 cm³/mol. The zero-order valence-corrected chi connectivity index (χ0v) is 17.0. The SMILES string of the molecule is CCCCCNC(=O)Cc1csc2nc(C)c(-c3cc(C)nn3C)c(=O)n12. The van der Waals surface area contributed by atoms with E-state index in [1.54, 1.807) is 9.08 Å². The molecule has 0 aliphatic heterocycles. The van der Waals surface area contributed by atoms with E-state index in [1.165, 1.54) is 11.3 Å². The Bertz CT molecular complexity index is 1030. The Labute approximate surface area is 162 Å². The number of carbonyl (C=O) groups excluding carboxylic acids is 1. The van der Waals surface area contributed by atoms with Crippen LogP contribution in [0.4, 0.5) is 0 Å². The van der Waals surface area contributed by atoms with Crippen LogP contribution in [0.25, 0.3) is 16.2 Å². The number of rotatable bonds is 7. The highest BCUT2D eigenvalue weighted by Gasteiger charge is 2.19. The van der Waals surface area contributed by atoms with E-state index in [0.29, 0.717) is 28.5 Å². The molecule has 0 fully saturated rings. The van der Waals surface area contributed by atoms with Crippen molar-refractivity contribution in [3.05, 3.63) is 38.9 Å².